The maximum Gasteiger partial charge on any atom is 0.271 e. The number of aryl methyl sites for hydroxylation is 2. The van der Waals surface area contributed by atoms with Crippen LogP contribution < -0.4 is 5.32 Å². The molecule has 27 heavy (non-hydrogen) atoms. The molecule has 0 bridgehead atoms. The van der Waals surface area contributed by atoms with E-state index in [-0.39, 0.29) is 28.1 Å². The van der Waals surface area contributed by atoms with Crippen LogP contribution in [-0.4, -0.2) is 36.2 Å². The fourth-order valence-corrected chi connectivity index (χ4v) is 3.12. The van der Waals surface area contributed by atoms with Gasteiger partial charge in [0.05, 0.1) is 21.4 Å². The molecule has 0 aliphatic rings. The molecule has 0 radical (unpaired) electrons. The van der Waals surface area contributed by atoms with Crippen LogP contribution >= 0.6 is 23.4 Å². The van der Waals surface area contributed by atoms with E-state index in [1.54, 1.807) is 4.52 Å². The van der Waals surface area contributed by atoms with Crippen molar-refractivity contribution in [2.45, 2.75) is 25.9 Å². The molecule has 11 heteroatoms. The highest BCUT2D eigenvalue weighted by Crippen LogP contribution is 2.27. The number of nitro groups is 1. The largest absolute Gasteiger partial charge is 0.324 e. The number of amides is 1. The van der Waals surface area contributed by atoms with E-state index >= 15 is 0 Å². The number of nitrogens with one attached hydrogen (secondary N) is 1. The Balaban J connectivity index is 1.71. The van der Waals surface area contributed by atoms with Crippen molar-refractivity contribution in [3.05, 3.63) is 50.3 Å². The Morgan fingerprint density at radius 3 is 2.78 bits per heavy atom. The normalized spacial score (nSPS) is 11.0. The number of nitrogens with zero attached hydrogens (tertiary/aromatic N) is 5. The molecule has 0 spiro atoms. The molecule has 0 saturated carbocycles. The van der Waals surface area contributed by atoms with Crippen LogP contribution in [0.3, 0.4) is 0 Å². The second kappa shape index (κ2) is 7.49. The average Bonchev–Trinajstić information content (AvgIpc) is 3.02. The predicted molar refractivity (Wildman–Crippen MR) is 102 cm³/mol. The molecule has 1 amide bonds. The minimum Gasteiger partial charge on any atom is -0.324 e. The zero-order valence-corrected chi connectivity index (χ0v) is 16.3. The molecule has 0 aliphatic heterocycles. The van der Waals surface area contributed by atoms with Gasteiger partial charge in [-0.05, 0) is 32.4 Å². The molecular formula is C16H15ClN6O3S. The highest BCUT2D eigenvalue weighted by atomic mass is 35.5. The van der Waals surface area contributed by atoms with E-state index in [0.29, 0.717) is 10.9 Å². The van der Waals surface area contributed by atoms with Gasteiger partial charge >= 0.3 is 0 Å². The lowest BCUT2D eigenvalue weighted by Crippen LogP contribution is -2.14. The van der Waals surface area contributed by atoms with E-state index in [0.717, 1.165) is 28.7 Å². The molecule has 3 rings (SSSR count). The molecule has 0 atom stereocenters. The van der Waals surface area contributed by atoms with E-state index in [2.05, 4.69) is 20.4 Å². The van der Waals surface area contributed by atoms with Crippen LogP contribution in [0.25, 0.3) is 5.78 Å². The number of nitro benzene ring substituents is 1. The molecule has 0 fully saturated rings. The second-order valence-corrected chi connectivity index (χ2v) is 7.12. The molecule has 2 aromatic heterocycles. The van der Waals surface area contributed by atoms with Gasteiger partial charge in [0, 0.05) is 23.5 Å². The van der Waals surface area contributed by atoms with E-state index < -0.39 is 4.92 Å². The smallest absolute Gasteiger partial charge is 0.271 e. The standard InChI is InChI=1S/C16H15ClN6O3S/c1-8-9(2)18-15-20-16(21-22(15)10(8)3)27-7-14(24)19-13-6-11(23(25)26)4-5-12(13)17/h4-6H,7H2,1-3H3,(H,19,24). The van der Waals surface area contributed by atoms with Crippen molar-refractivity contribution in [3.8, 4) is 0 Å². The molecule has 2 heterocycles. The molecule has 3 aromatic rings. The van der Waals surface area contributed by atoms with Crippen LogP contribution in [0.1, 0.15) is 17.0 Å². The third-order valence-electron chi connectivity index (χ3n) is 4.01. The average molecular weight is 407 g/mol. The maximum atomic E-state index is 12.2. The van der Waals surface area contributed by atoms with Gasteiger partial charge < -0.3 is 5.32 Å². The summed E-state index contributed by atoms with van der Waals surface area (Å²) >= 11 is 7.12. The Hall–Kier alpha value is -2.72. The quantitative estimate of drug-likeness (QED) is 0.392. The minimum atomic E-state index is -0.555. The number of fused-ring (bicyclic) bond motifs is 1. The number of halogens is 1. The summed E-state index contributed by atoms with van der Waals surface area (Å²) < 4.78 is 1.64. The van der Waals surface area contributed by atoms with Crippen molar-refractivity contribution in [1.29, 1.82) is 0 Å². The van der Waals surface area contributed by atoms with Gasteiger partial charge in [0.15, 0.2) is 0 Å². The van der Waals surface area contributed by atoms with Crippen LogP contribution in [0, 0.1) is 30.9 Å². The van der Waals surface area contributed by atoms with Crippen molar-refractivity contribution in [2.24, 2.45) is 0 Å². The summed E-state index contributed by atoms with van der Waals surface area (Å²) in [4.78, 5) is 31.2. The monoisotopic (exact) mass is 406 g/mol. The Bertz CT molecular complexity index is 1070. The molecular weight excluding hydrogens is 392 g/mol. The first-order chi connectivity index (χ1) is 12.8. The Labute approximate surface area is 163 Å². The number of non-ortho nitro benzene ring substituents is 1. The van der Waals surface area contributed by atoms with Gasteiger partial charge in [-0.1, -0.05) is 23.4 Å². The van der Waals surface area contributed by atoms with Crippen molar-refractivity contribution < 1.29 is 9.72 Å². The van der Waals surface area contributed by atoms with Crippen molar-refractivity contribution in [2.75, 3.05) is 11.1 Å². The number of anilines is 1. The summed E-state index contributed by atoms with van der Waals surface area (Å²) in [6.45, 7) is 5.79. The first kappa shape index (κ1) is 19.1. The molecule has 1 N–H and O–H groups in total. The molecule has 0 saturated heterocycles. The minimum absolute atomic E-state index is 0.0207. The number of hydrogen-bond acceptors (Lipinski definition) is 7. The fraction of sp³-hybridized carbons (Fsp3) is 0.250. The first-order valence-corrected chi connectivity index (χ1v) is 9.20. The Morgan fingerprint density at radius 2 is 2.07 bits per heavy atom. The third kappa shape index (κ3) is 4.01. The lowest BCUT2D eigenvalue weighted by molar-refractivity contribution is -0.384. The van der Waals surface area contributed by atoms with E-state index in [4.69, 9.17) is 11.6 Å². The second-order valence-electron chi connectivity index (χ2n) is 5.77. The number of carbonyl (C=O) groups is 1. The highest BCUT2D eigenvalue weighted by Gasteiger charge is 2.15. The van der Waals surface area contributed by atoms with E-state index in [1.807, 2.05) is 20.8 Å². The summed E-state index contributed by atoms with van der Waals surface area (Å²) in [7, 11) is 0. The van der Waals surface area contributed by atoms with Gasteiger partial charge in [-0.2, -0.15) is 4.98 Å². The number of hydrogen-bond donors (Lipinski definition) is 1. The number of rotatable bonds is 5. The van der Waals surface area contributed by atoms with Gasteiger partial charge in [-0.15, -0.1) is 5.10 Å². The van der Waals surface area contributed by atoms with Crippen molar-refractivity contribution >= 4 is 46.4 Å². The predicted octanol–water partition coefficient (Wildman–Crippen LogP) is 3.34. The SMILES string of the molecule is Cc1nc2nc(SCC(=O)Nc3cc([N+](=O)[O-])ccc3Cl)nn2c(C)c1C. The molecule has 0 unspecified atom stereocenters. The number of aromatic nitrogens is 4. The Morgan fingerprint density at radius 1 is 1.33 bits per heavy atom. The van der Waals surface area contributed by atoms with Gasteiger partial charge in [0.1, 0.15) is 0 Å². The summed E-state index contributed by atoms with van der Waals surface area (Å²) in [5, 5.41) is 18.4. The highest BCUT2D eigenvalue weighted by molar-refractivity contribution is 7.99. The van der Waals surface area contributed by atoms with Crippen LogP contribution in [0.5, 0.6) is 0 Å². The van der Waals surface area contributed by atoms with Crippen LogP contribution in [0.15, 0.2) is 23.4 Å². The Kier molecular flexibility index (Phi) is 5.29. The first-order valence-electron chi connectivity index (χ1n) is 7.83. The lowest BCUT2D eigenvalue weighted by atomic mass is 10.2. The maximum absolute atomic E-state index is 12.2. The molecule has 0 aliphatic carbocycles. The third-order valence-corrected chi connectivity index (χ3v) is 5.18. The number of benzene rings is 1. The van der Waals surface area contributed by atoms with Crippen molar-refractivity contribution in [3.63, 3.8) is 0 Å². The molecule has 9 nitrogen and oxygen atoms in total. The van der Waals surface area contributed by atoms with E-state index in [9.17, 15) is 14.9 Å². The van der Waals surface area contributed by atoms with E-state index in [1.165, 1.54) is 18.2 Å². The summed E-state index contributed by atoms with van der Waals surface area (Å²) in [6, 6.07) is 3.85. The van der Waals surface area contributed by atoms with Gasteiger partial charge in [-0.25, -0.2) is 9.50 Å². The number of carbonyl (C=O) groups excluding carboxylic acids is 1. The van der Waals surface area contributed by atoms with Gasteiger partial charge in [-0.3, -0.25) is 14.9 Å². The summed E-state index contributed by atoms with van der Waals surface area (Å²) in [5.74, 6) is 0.117. The van der Waals surface area contributed by atoms with Crippen LogP contribution in [0.2, 0.25) is 5.02 Å². The van der Waals surface area contributed by atoms with Crippen LogP contribution in [0.4, 0.5) is 11.4 Å². The van der Waals surface area contributed by atoms with Gasteiger partial charge in [0.25, 0.3) is 11.5 Å². The topological polar surface area (TPSA) is 115 Å². The molecule has 1 aromatic carbocycles. The fourth-order valence-electron chi connectivity index (χ4n) is 2.34. The zero-order valence-electron chi connectivity index (χ0n) is 14.7. The number of thioether (sulfide) groups is 1. The zero-order chi connectivity index (χ0) is 19.7. The summed E-state index contributed by atoms with van der Waals surface area (Å²) in [5.41, 5.74) is 2.87. The van der Waals surface area contributed by atoms with Crippen LogP contribution in [-0.2, 0) is 4.79 Å². The summed E-state index contributed by atoms with van der Waals surface area (Å²) in [6.07, 6.45) is 0. The molecule has 140 valence electrons. The van der Waals surface area contributed by atoms with Gasteiger partial charge in [0.2, 0.25) is 11.1 Å². The van der Waals surface area contributed by atoms with Crippen molar-refractivity contribution in [1.82, 2.24) is 19.6 Å². The lowest BCUT2D eigenvalue weighted by Gasteiger charge is -2.06.